The van der Waals surface area contributed by atoms with Crippen LogP contribution in [0.1, 0.15) is 23.6 Å². The molecule has 5 nitrogen and oxygen atoms in total. The summed E-state index contributed by atoms with van der Waals surface area (Å²) in [5, 5.41) is 0.526. The molecule has 0 saturated heterocycles. The predicted octanol–water partition coefficient (Wildman–Crippen LogP) is 3.69. The van der Waals surface area contributed by atoms with Gasteiger partial charge in [-0.1, -0.05) is 18.5 Å². The summed E-state index contributed by atoms with van der Waals surface area (Å²) >= 11 is 6.03. The van der Waals surface area contributed by atoms with E-state index in [-0.39, 0.29) is 21.1 Å². The Morgan fingerprint density at radius 3 is 2.16 bits per heavy atom. The molecule has 0 spiro atoms. The summed E-state index contributed by atoms with van der Waals surface area (Å²) in [4.78, 5) is -0.194. The molecule has 0 saturated carbocycles. The van der Waals surface area contributed by atoms with E-state index in [9.17, 15) is 16.8 Å². The zero-order chi connectivity index (χ0) is 19.0. The van der Waals surface area contributed by atoms with E-state index in [0.29, 0.717) is 17.0 Å². The summed E-state index contributed by atoms with van der Waals surface area (Å²) in [6.07, 6.45) is 1.66. The summed E-state index contributed by atoms with van der Waals surface area (Å²) in [7, 11) is -7.76. The van der Waals surface area contributed by atoms with Crippen molar-refractivity contribution in [1.82, 2.24) is 0 Å². The van der Waals surface area contributed by atoms with Gasteiger partial charge in [0.25, 0.3) is 0 Å². The molecule has 0 heterocycles. The maximum atomic E-state index is 12.7. The van der Waals surface area contributed by atoms with Crippen molar-refractivity contribution in [2.24, 2.45) is 0 Å². The van der Waals surface area contributed by atoms with Gasteiger partial charge in [-0.2, -0.15) is 8.42 Å². The molecule has 0 unspecified atom stereocenters. The van der Waals surface area contributed by atoms with Crippen LogP contribution in [0.4, 0.5) is 0 Å². The van der Waals surface area contributed by atoms with Gasteiger partial charge in [-0.15, -0.1) is 0 Å². The van der Waals surface area contributed by atoms with E-state index in [2.05, 4.69) is 0 Å². The highest BCUT2D eigenvalue weighted by atomic mass is 35.5. The van der Waals surface area contributed by atoms with E-state index in [1.807, 2.05) is 6.92 Å². The van der Waals surface area contributed by atoms with Crippen LogP contribution in [0.15, 0.2) is 40.1 Å². The van der Waals surface area contributed by atoms with Gasteiger partial charge in [0.05, 0.1) is 4.90 Å². The molecule has 0 aromatic heterocycles. The zero-order valence-corrected chi connectivity index (χ0v) is 16.7. The number of hydrogen-bond donors (Lipinski definition) is 0. The fourth-order valence-electron chi connectivity index (χ4n) is 2.48. The van der Waals surface area contributed by atoms with Crippen LogP contribution in [0.2, 0.25) is 5.02 Å². The van der Waals surface area contributed by atoms with Gasteiger partial charge in [0.15, 0.2) is 9.84 Å². The zero-order valence-electron chi connectivity index (χ0n) is 14.3. The Hall–Kier alpha value is -1.57. The van der Waals surface area contributed by atoms with Crippen molar-refractivity contribution in [3.8, 4) is 5.75 Å². The average molecular weight is 403 g/mol. The number of halogens is 1. The van der Waals surface area contributed by atoms with Crippen LogP contribution < -0.4 is 4.18 Å². The summed E-state index contributed by atoms with van der Waals surface area (Å²) in [5.41, 5.74) is 1.41. The van der Waals surface area contributed by atoms with Gasteiger partial charge in [0.2, 0.25) is 0 Å². The van der Waals surface area contributed by atoms with E-state index in [4.69, 9.17) is 15.8 Å². The quantitative estimate of drug-likeness (QED) is 0.712. The smallest absolute Gasteiger partial charge is 0.339 e. The summed E-state index contributed by atoms with van der Waals surface area (Å²) < 4.78 is 54.4. The van der Waals surface area contributed by atoms with Crippen molar-refractivity contribution in [3.05, 3.63) is 52.0 Å². The van der Waals surface area contributed by atoms with Crippen LogP contribution >= 0.6 is 11.6 Å². The van der Waals surface area contributed by atoms with E-state index >= 15 is 0 Å². The van der Waals surface area contributed by atoms with E-state index < -0.39 is 20.0 Å². The molecule has 8 heteroatoms. The van der Waals surface area contributed by atoms with Crippen LogP contribution in [-0.2, 0) is 26.4 Å². The Morgan fingerprint density at radius 1 is 1.00 bits per heavy atom. The molecule has 2 rings (SSSR count). The lowest BCUT2D eigenvalue weighted by atomic mass is 10.2. The molecule has 0 bridgehead atoms. The van der Waals surface area contributed by atoms with Crippen molar-refractivity contribution in [3.63, 3.8) is 0 Å². The summed E-state index contributed by atoms with van der Waals surface area (Å²) in [6, 6.07) is 7.43. The minimum absolute atomic E-state index is 0.0278. The highest BCUT2D eigenvalue weighted by Crippen LogP contribution is 2.29. The molecule has 0 aliphatic carbocycles. The molecule has 0 radical (unpaired) electrons. The SMILES string of the molecule is CCc1cc(OS(=O)(=O)c2cc(C)cc(S(C)(=O)=O)c2C)ccc1Cl. The number of hydrogen-bond acceptors (Lipinski definition) is 5. The highest BCUT2D eigenvalue weighted by molar-refractivity contribution is 7.91. The first-order chi connectivity index (χ1) is 11.5. The topological polar surface area (TPSA) is 77.5 Å². The van der Waals surface area contributed by atoms with E-state index in [0.717, 1.165) is 11.8 Å². The Balaban J connectivity index is 2.56. The lowest BCUT2D eigenvalue weighted by molar-refractivity contribution is 0.485. The first-order valence-corrected chi connectivity index (χ1v) is 11.2. The normalized spacial score (nSPS) is 12.2. The second kappa shape index (κ2) is 6.97. The standard InChI is InChI=1S/C17H19ClO5S2/c1-5-13-10-14(6-7-15(13)18)23-25(21,22)17-9-11(2)8-16(12(17)3)24(4,19)20/h6-10H,5H2,1-4H3. The van der Waals surface area contributed by atoms with Gasteiger partial charge in [-0.3, -0.25) is 0 Å². The molecule has 0 N–H and O–H groups in total. The Morgan fingerprint density at radius 2 is 1.60 bits per heavy atom. The van der Waals surface area contributed by atoms with Crippen molar-refractivity contribution in [1.29, 1.82) is 0 Å². The molecule has 25 heavy (non-hydrogen) atoms. The molecule has 0 atom stereocenters. The third-order valence-electron chi connectivity index (χ3n) is 3.73. The first-order valence-electron chi connectivity index (χ1n) is 7.50. The average Bonchev–Trinajstić information content (AvgIpc) is 2.49. The second-order valence-electron chi connectivity index (χ2n) is 5.80. The molecule has 136 valence electrons. The first kappa shape index (κ1) is 19.8. The molecular weight excluding hydrogens is 384 g/mol. The summed E-state index contributed by atoms with van der Waals surface area (Å²) in [6.45, 7) is 4.97. The minimum atomic E-state index is -4.19. The van der Waals surface area contributed by atoms with E-state index in [1.54, 1.807) is 19.1 Å². The van der Waals surface area contributed by atoms with Crippen LogP contribution in [-0.4, -0.2) is 23.1 Å². The van der Waals surface area contributed by atoms with Crippen molar-refractivity contribution >= 4 is 31.6 Å². The third kappa shape index (κ3) is 4.34. The Labute approximate surface area is 153 Å². The maximum Gasteiger partial charge on any atom is 0.339 e. The van der Waals surface area contributed by atoms with Gasteiger partial charge in [0.1, 0.15) is 10.6 Å². The molecule has 2 aromatic carbocycles. The Kier molecular flexibility index (Phi) is 5.51. The molecule has 0 aliphatic rings. The number of aryl methyl sites for hydroxylation is 2. The fourth-order valence-corrected chi connectivity index (χ4v) is 5.13. The molecule has 0 aliphatic heterocycles. The molecule has 0 amide bonds. The second-order valence-corrected chi connectivity index (χ2v) is 9.71. The van der Waals surface area contributed by atoms with Crippen LogP contribution in [0.5, 0.6) is 5.75 Å². The minimum Gasteiger partial charge on any atom is -0.379 e. The third-order valence-corrected chi connectivity index (χ3v) is 6.70. The lowest BCUT2D eigenvalue weighted by Crippen LogP contribution is -2.14. The predicted molar refractivity (Wildman–Crippen MR) is 97.7 cm³/mol. The number of rotatable bonds is 5. The van der Waals surface area contributed by atoms with Crippen molar-refractivity contribution in [2.75, 3.05) is 6.26 Å². The van der Waals surface area contributed by atoms with Gasteiger partial charge in [-0.25, -0.2) is 8.42 Å². The highest BCUT2D eigenvalue weighted by Gasteiger charge is 2.25. The van der Waals surface area contributed by atoms with Crippen LogP contribution in [0.3, 0.4) is 0 Å². The monoisotopic (exact) mass is 402 g/mol. The fraction of sp³-hybridized carbons (Fsp3) is 0.294. The van der Waals surface area contributed by atoms with E-state index in [1.165, 1.54) is 25.1 Å². The molecule has 0 fully saturated rings. The molecular formula is C17H19ClO5S2. The maximum absolute atomic E-state index is 12.7. The summed E-state index contributed by atoms with van der Waals surface area (Å²) in [5.74, 6) is 0.128. The van der Waals surface area contributed by atoms with Crippen molar-refractivity contribution < 1.29 is 21.0 Å². The molecule has 2 aromatic rings. The lowest BCUT2D eigenvalue weighted by Gasteiger charge is -2.14. The number of benzene rings is 2. The van der Waals surface area contributed by atoms with Gasteiger partial charge >= 0.3 is 10.1 Å². The largest absolute Gasteiger partial charge is 0.379 e. The van der Waals surface area contributed by atoms with Gasteiger partial charge in [-0.05, 0) is 67.3 Å². The van der Waals surface area contributed by atoms with Crippen molar-refractivity contribution in [2.45, 2.75) is 37.0 Å². The van der Waals surface area contributed by atoms with Gasteiger partial charge in [0, 0.05) is 11.3 Å². The number of sulfone groups is 1. The Bertz CT molecular complexity index is 1030. The van der Waals surface area contributed by atoms with Gasteiger partial charge < -0.3 is 4.18 Å². The van der Waals surface area contributed by atoms with Crippen LogP contribution in [0, 0.1) is 13.8 Å². The van der Waals surface area contributed by atoms with Crippen LogP contribution in [0.25, 0.3) is 0 Å².